The molecule has 2 aliphatic rings. The van der Waals surface area contributed by atoms with E-state index in [0.29, 0.717) is 17.0 Å². The van der Waals surface area contributed by atoms with Crippen molar-refractivity contribution in [1.29, 1.82) is 0 Å². The number of carbonyl (C=O) groups is 1. The molecule has 2 aliphatic heterocycles. The third kappa shape index (κ3) is 2.74. The van der Waals surface area contributed by atoms with Crippen LogP contribution in [0, 0.1) is 0 Å². The van der Waals surface area contributed by atoms with Crippen molar-refractivity contribution < 1.29 is 9.53 Å². The first-order chi connectivity index (χ1) is 10.8. The summed E-state index contributed by atoms with van der Waals surface area (Å²) in [6.07, 6.45) is 3.46. The van der Waals surface area contributed by atoms with Crippen LogP contribution in [0.4, 0.5) is 0 Å². The topological polar surface area (TPSA) is 50.4 Å². The van der Waals surface area contributed by atoms with Crippen LogP contribution in [0.25, 0.3) is 0 Å². The standard InChI is InChI=1S/C17H18N2O2S/c20-17(19-14-10-11-6-7-13(14)18-11)15-8-9-16(22-15)21-12-4-2-1-3-5-12/h1-5,8-9,11,13-14,18H,6-7,10H2,(H,19,20). The van der Waals surface area contributed by atoms with Gasteiger partial charge in [0, 0.05) is 18.1 Å². The molecular formula is C17H18N2O2S. The molecule has 22 heavy (non-hydrogen) atoms. The number of rotatable bonds is 4. The highest BCUT2D eigenvalue weighted by Gasteiger charge is 2.39. The Kier molecular flexibility index (Phi) is 3.60. The van der Waals surface area contributed by atoms with Crippen molar-refractivity contribution in [2.75, 3.05) is 0 Å². The Morgan fingerprint density at radius 1 is 1.18 bits per heavy atom. The number of ether oxygens (including phenoxy) is 1. The van der Waals surface area contributed by atoms with Crippen LogP contribution in [-0.2, 0) is 0 Å². The maximum absolute atomic E-state index is 12.4. The summed E-state index contributed by atoms with van der Waals surface area (Å²) < 4.78 is 5.75. The molecule has 114 valence electrons. The highest BCUT2D eigenvalue weighted by molar-refractivity contribution is 7.15. The molecule has 4 nitrogen and oxygen atoms in total. The molecule has 0 radical (unpaired) electrons. The van der Waals surface area contributed by atoms with Gasteiger partial charge >= 0.3 is 0 Å². The molecule has 2 aromatic rings. The minimum Gasteiger partial charge on any atom is -0.447 e. The Morgan fingerprint density at radius 2 is 2.05 bits per heavy atom. The molecule has 2 saturated heterocycles. The molecule has 2 N–H and O–H groups in total. The van der Waals surface area contributed by atoms with Gasteiger partial charge in [0.15, 0.2) is 5.06 Å². The summed E-state index contributed by atoms with van der Waals surface area (Å²) in [4.78, 5) is 13.1. The number of para-hydroxylation sites is 1. The number of thiophene rings is 1. The summed E-state index contributed by atoms with van der Waals surface area (Å²) in [5, 5.41) is 7.43. The largest absolute Gasteiger partial charge is 0.447 e. The second kappa shape index (κ2) is 5.74. The molecule has 2 fully saturated rings. The molecule has 4 rings (SSSR count). The molecule has 0 aliphatic carbocycles. The molecule has 3 atom stereocenters. The molecule has 1 aromatic carbocycles. The van der Waals surface area contributed by atoms with Crippen LogP contribution >= 0.6 is 11.3 Å². The van der Waals surface area contributed by atoms with Gasteiger partial charge in [-0.3, -0.25) is 4.79 Å². The Labute approximate surface area is 133 Å². The van der Waals surface area contributed by atoms with Gasteiger partial charge in [0.25, 0.3) is 5.91 Å². The number of benzene rings is 1. The lowest BCUT2D eigenvalue weighted by molar-refractivity contribution is 0.0935. The Morgan fingerprint density at radius 3 is 2.77 bits per heavy atom. The normalized spacial score (nSPS) is 26.1. The fourth-order valence-corrected chi connectivity index (χ4v) is 4.10. The van der Waals surface area contributed by atoms with Crippen LogP contribution in [0.2, 0.25) is 0 Å². The summed E-state index contributed by atoms with van der Waals surface area (Å²) in [5.41, 5.74) is 0. The zero-order chi connectivity index (χ0) is 14.9. The maximum atomic E-state index is 12.4. The maximum Gasteiger partial charge on any atom is 0.261 e. The summed E-state index contributed by atoms with van der Waals surface area (Å²) in [5.74, 6) is 0.792. The van der Waals surface area contributed by atoms with E-state index in [1.165, 1.54) is 24.2 Å². The van der Waals surface area contributed by atoms with Crippen molar-refractivity contribution in [2.24, 2.45) is 0 Å². The van der Waals surface area contributed by atoms with Crippen molar-refractivity contribution in [3.8, 4) is 10.8 Å². The fraction of sp³-hybridized carbons (Fsp3) is 0.353. The van der Waals surface area contributed by atoms with E-state index in [4.69, 9.17) is 4.74 Å². The van der Waals surface area contributed by atoms with E-state index in [2.05, 4.69) is 10.6 Å². The number of hydrogen-bond donors (Lipinski definition) is 2. The van der Waals surface area contributed by atoms with Gasteiger partial charge in [0.2, 0.25) is 0 Å². The average Bonchev–Trinajstić information content (AvgIpc) is 3.24. The van der Waals surface area contributed by atoms with Gasteiger partial charge in [-0.05, 0) is 43.5 Å². The molecule has 3 unspecified atom stereocenters. The summed E-state index contributed by atoms with van der Waals surface area (Å²) in [6.45, 7) is 0. The lowest BCUT2D eigenvalue weighted by Gasteiger charge is -2.20. The third-order valence-electron chi connectivity index (χ3n) is 4.38. The SMILES string of the molecule is O=C(NC1CC2CCC1N2)c1ccc(Oc2ccccc2)s1. The van der Waals surface area contributed by atoms with Crippen molar-refractivity contribution in [3.05, 3.63) is 47.3 Å². The third-order valence-corrected chi connectivity index (χ3v) is 5.35. The number of fused-ring (bicyclic) bond motifs is 2. The van der Waals surface area contributed by atoms with E-state index in [9.17, 15) is 4.79 Å². The van der Waals surface area contributed by atoms with Crippen LogP contribution in [0.3, 0.4) is 0 Å². The number of hydrogen-bond acceptors (Lipinski definition) is 4. The summed E-state index contributed by atoms with van der Waals surface area (Å²) in [7, 11) is 0. The predicted octanol–water partition coefficient (Wildman–Crippen LogP) is 3.16. The highest BCUT2D eigenvalue weighted by atomic mass is 32.1. The van der Waals surface area contributed by atoms with E-state index in [1.54, 1.807) is 0 Å². The minimum atomic E-state index is 0.00672. The zero-order valence-electron chi connectivity index (χ0n) is 12.1. The number of amides is 1. The van der Waals surface area contributed by atoms with E-state index >= 15 is 0 Å². The number of nitrogens with one attached hydrogen (secondary N) is 2. The molecule has 1 aromatic heterocycles. The molecule has 2 bridgehead atoms. The molecule has 5 heteroatoms. The van der Waals surface area contributed by atoms with Gasteiger partial charge < -0.3 is 15.4 Å². The van der Waals surface area contributed by atoms with Crippen molar-refractivity contribution in [3.63, 3.8) is 0 Å². The van der Waals surface area contributed by atoms with Gasteiger partial charge in [-0.25, -0.2) is 0 Å². The van der Waals surface area contributed by atoms with E-state index in [1.807, 2.05) is 42.5 Å². The highest BCUT2D eigenvalue weighted by Crippen LogP contribution is 2.31. The van der Waals surface area contributed by atoms with Gasteiger partial charge in [-0.2, -0.15) is 0 Å². The molecule has 3 heterocycles. The van der Waals surface area contributed by atoms with Crippen LogP contribution in [0.5, 0.6) is 10.8 Å². The fourth-order valence-electron chi connectivity index (χ4n) is 3.32. The Bertz CT molecular complexity index is 670. The first-order valence-electron chi connectivity index (χ1n) is 7.67. The molecule has 0 spiro atoms. The van der Waals surface area contributed by atoms with Crippen molar-refractivity contribution in [2.45, 2.75) is 37.4 Å². The van der Waals surface area contributed by atoms with E-state index in [-0.39, 0.29) is 11.9 Å². The van der Waals surface area contributed by atoms with E-state index < -0.39 is 0 Å². The second-order valence-electron chi connectivity index (χ2n) is 5.90. The Hall–Kier alpha value is -1.85. The van der Waals surface area contributed by atoms with Crippen LogP contribution < -0.4 is 15.4 Å². The first-order valence-corrected chi connectivity index (χ1v) is 8.49. The lowest BCUT2D eigenvalue weighted by Crippen LogP contribution is -2.42. The smallest absolute Gasteiger partial charge is 0.261 e. The first kappa shape index (κ1) is 13.8. The molecule has 1 amide bonds. The monoisotopic (exact) mass is 314 g/mol. The van der Waals surface area contributed by atoms with Crippen molar-refractivity contribution >= 4 is 17.2 Å². The van der Waals surface area contributed by atoms with Gasteiger partial charge in [-0.1, -0.05) is 29.5 Å². The van der Waals surface area contributed by atoms with E-state index in [0.717, 1.165) is 17.2 Å². The Balaban J connectivity index is 1.39. The summed E-state index contributed by atoms with van der Waals surface area (Å²) >= 11 is 1.38. The molecular weight excluding hydrogens is 296 g/mol. The lowest BCUT2D eigenvalue weighted by atomic mass is 9.95. The number of carbonyl (C=O) groups excluding carboxylic acids is 1. The van der Waals surface area contributed by atoms with Crippen LogP contribution in [0.15, 0.2) is 42.5 Å². The summed E-state index contributed by atoms with van der Waals surface area (Å²) in [6, 6.07) is 14.6. The quantitative estimate of drug-likeness (QED) is 0.911. The van der Waals surface area contributed by atoms with Crippen molar-refractivity contribution in [1.82, 2.24) is 10.6 Å². The average molecular weight is 314 g/mol. The second-order valence-corrected chi connectivity index (χ2v) is 6.94. The van der Waals surface area contributed by atoms with Gasteiger partial charge in [0.1, 0.15) is 5.75 Å². The zero-order valence-corrected chi connectivity index (χ0v) is 12.9. The van der Waals surface area contributed by atoms with Gasteiger partial charge in [0.05, 0.1) is 4.88 Å². The minimum absolute atomic E-state index is 0.00672. The molecule has 0 saturated carbocycles. The predicted molar refractivity (Wildman–Crippen MR) is 86.7 cm³/mol. The van der Waals surface area contributed by atoms with Crippen LogP contribution in [0.1, 0.15) is 28.9 Å². The van der Waals surface area contributed by atoms with Gasteiger partial charge in [-0.15, -0.1) is 0 Å². The van der Waals surface area contributed by atoms with Crippen LogP contribution in [-0.4, -0.2) is 24.0 Å².